The van der Waals surface area contributed by atoms with Gasteiger partial charge in [0.1, 0.15) is 18.4 Å². The molecule has 0 aliphatic carbocycles. The van der Waals surface area contributed by atoms with Gasteiger partial charge in [0.25, 0.3) is 0 Å². The quantitative estimate of drug-likeness (QED) is 0.779. The number of alkyl carbamates (subject to hydrolysis) is 1. The first-order chi connectivity index (χ1) is 12.2. The average Bonchev–Trinajstić information content (AvgIpc) is 2.66. The van der Waals surface area contributed by atoms with Crippen molar-refractivity contribution in [3.63, 3.8) is 0 Å². The van der Waals surface area contributed by atoms with Crippen LogP contribution in [0.3, 0.4) is 0 Å². The number of nitrogens with one attached hydrogen (secondary N) is 1. The molecule has 0 saturated carbocycles. The van der Waals surface area contributed by atoms with Crippen molar-refractivity contribution in [1.82, 2.24) is 5.32 Å². The molecule has 0 aromatic heterocycles. The molecule has 2 rings (SSSR count). The normalized spacial score (nSPS) is 10.2. The molecule has 0 saturated heterocycles. The summed E-state index contributed by atoms with van der Waals surface area (Å²) < 4.78 is 10.2. The number of hydrogen-bond donors (Lipinski definition) is 1. The summed E-state index contributed by atoms with van der Waals surface area (Å²) in [5.41, 5.74) is 2.35. The molecule has 0 heterocycles. The van der Waals surface area contributed by atoms with E-state index in [0.717, 1.165) is 11.1 Å². The summed E-state index contributed by atoms with van der Waals surface area (Å²) in [7, 11) is 1.54. The molecule has 0 atom stereocenters. The van der Waals surface area contributed by atoms with Gasteiger partial charge in [-0.25, -0.2) is 4.79 Å². The number of nitriles is 1. The van der Waals surface area contributed by atoms with Crippen LogP contribution in [0.5, 0.6) is 5.75 Å². The largest absolute Gasteiger partial charge is 0.495 e. The number of ether oxygens (including phenoxy) is 2. The Hall–Kier alpha value is -3.26. The average molecular weight is 336 g/mol. The monoisotopic (exact) mass is 336 g/mol. The third kappa shape index (κ3) is 6.04. The van der Waals surface area contributed by atoms with Crippen LogP contribution in [0.4, 0.5) is 4.79 Å². The van der Waals surface area contributed by atoms with Crippen molar-refractivity contribution in [3.8, 4) is 11.8 Å². The van der Waals surface area contributed by atoms with Gasteiger partial charge < -0.3 is 14.8 Å². The Kier molecular flexibility index (Phi) is 7.08. The zero-order chi connectivity index (χ0) is 17.9. The highest BCUT2D eigenvalue weighted by molar-refractivity contribution is 5.67. The van der Waals surface area contributed by atoms with Crippen LogP contribution in [0, 0.1) is 11.3 Å². The first-order valence-electron chi connectivity index (χ1n) is 7.92. The Bertz CT molecular complexity index is 764. The first kappa shape index (κ1) is 18.1. The number of amides is 1. The van der Waals surface area contributed by atoms with Gasteiger partial charge in [-0.1, -0.05) is 48.6 Å². The number of benzene rings is 2. The minimum absolute atomic E-state index is 0.255. The number of carbonyl (C=O) groups is 1. The van der Waals surface area contributed by atoms with Crippen LogP contribution in [0.2, 0.25) is 0 Å². The van der Waals surface area contributed by atoms with Gasteiger partial charge in [-0.15, -0.1) is 0 Å². The van der Waals surface area contributed by atoms with Crippen molar-refractivity contribution >= 4 is 12.2 Å². The lowest BCUT2D eigenvalue weighted by atomic mass is 10.1. The van der Waals surface area contributed by atoms with E-state index in [9.17, 15) is 4.79 Å². The van der Waals surface area contributed by atoms with Gasteiger partial charge in [0, 0.05) is 6.54 Å². The first-order valence-corrected chi connectivity index (χ1v) is 7.92. The van der Waals surface area contributed by atoms with Gasteiger partial charge in [0.2, 0.25) is 0 Å². The van der Waals surface area contributed by atoms with Gasteiger partial charge in [0.05, 0.1) is 12.7 Å². The molecule has 1 N–H and O–H groups in total. The van der Waals surface area contributed by atoms with E-state index in [4.69, 9.17) is 14.7 Å². The number of methoxy groups -OCH3 is 1. The Labute approximate surface area is 147 Å². The fraction of sp³-hybridized carbons (Fsp3) is 0.200. The van der Waals surface area contributed by atoms with Gasteiger partial charge in [-0.3, -0.25) is 0 Å². The number of rotatable bonds is 7. The summed E-state index contributed by atoms with van der Waals surface area (Å²) in [5.74, 6) is 0.558. The van der Waals surface area contributed by atoms with Crippen molar-refractivity contribution in [2.45, 2.75) is 13.0 Å². The summed E-state index contributed by atoms with van der Waals surface area (Å²) in [6.07, 6.45) is 4.06. The third-order valence-electron chi connectivity index (χ3n) is 3.45. The van der Waals surface area contributed by atoms with Crippen LogP contribution in [0.15, 0.2) is 54.6 Å². The molecule has 0 bridgehead atoms. The van der Waals surface area contributed by atoms with Crippen LogP contribution in [0.25, 0.3) is 6.08 Å². The summed E-state index contributed by atoms with van der Waals surface area (Å²) in [4.78, 5) is 11.6. The van der Waals surface area contributed by atoms with E-state index in [1.165, 1.54) is 7.11 Å². The van der Waals surface area contributed by atoms with Gasteiger partial charge in [0.15, 0.2) is 0 Å². The Morgan fingerprint density at radius 1 is 1.24 bits per heavy atom. The second kappa shape index (κ2) is 9.78. The van der Waals surface area contributed by atoms with Crippen molar-refractivity contribution in [3.05, 3.63) is 71.3 Å². The van der Waals surface area contributed by atoms with Gasteiger partial charge in [-0.05, 0) is 29.7 Å². The highest BCUT2D eigenvalue weighted by atomic mass is 16.5. The van der Waals surface area contributed by atoms with Gasteiger partial charge in [-0.2, -0.15) is 5.26 Å². The molecule has 1 amide bonds. The molecule has 0 fully saturated rings. The Morgan fingerprint density at radius 2 is 2.04 bits per heavy atom. The van der Waals surface area contributed by atoms with Crippen molar-refractivity contribution in [1.29, 1.82) is 5.26 Å². The second-order valence-electron chi connectivity index (χ2n) is 5.25. The molecule has 0 spiro atoms. The second-order valence-corrected chi connectivity index (χ2v) is 5.25. The molecule has 5 nitrogen and oxygen atoms in total. The lowest BCUT2D eigenvalue weighted by Gasteiger charge is -2.06. The molecule has 5 heteroatoms. The zero-order valence-corrected chi connectivity index (χ0v) is 14.1. The maximum atomic E-state index is 11.6. The molecule has 0 radical (unpaired) electrons. The lowest BCUT2D eigenvalue weighted by molar-refractivity contribution is 0.140. The van der Waals surface area contributed by atoms with E-state index in [-0.39, 0.29) is 6.61 Å². The Morgan fingerprint density at radius 3 is 2.76 bits per heavy atom. The number of carbonyl (C=O) groups excluding carboxylic acids is 1. The SMILES string of the molecule is COc1ccc(C=CCCNC(=O)OCc2ccccc2)cc1C#N. The predicted octanol–water partition coefficient (Wildman–Crippen LogP) is 3.90. The highest BCUT2D eigenvalue weighted by Gasteiger charge is 2.02. The standard InChI is InChI=1S/C20H20N2O3/c1-24-19-11-10-16(13-18(19)14-21)7-5-6-12-22-20(23)25-15-17-8-3-2-4-9-17/h2-5,7-11,13H,6,12,15H2,1H3,(H,22,23). The van der Waals surface area contributed by atoms with E-state index < -0.39 is 6.09 Å². The molecule has 2 aromatic rings. The fourth-order valence-electron chi connectivity index (χ4n) is 2.17. The van der Waals surface area contributed by atoms with E-state index in [2.05, 4.69) is 11.4 Å². The Balaban J connectivity index is 1.71. The van der Waals surface area contributed by atoms with E-state index >= 15 is 0 Å². The fourth-order valence-corrected chi connectivity index (χ4v) is 2.17. The maximum absolute atomic E-state index is 11.6. The molecule has 25 heavy (non-hydrogen) atoms. The van der Waals surface area contributed by atoms with Crippen molar-refractivity contribution in [2.75, 3.05) is 13.7 Å². The summed E-state index contributed by atoms with van der Waals surface area (Å²) in [6.45, 7) is 0.733. The maximum Gasteiger partial charge on any atom is 0.407 e. The predicted molar refractivity (Wildman–Crippen MR) is 96.0 cm³/mol. The van der Waals surface area contributed by atoms with Crippen molar-refractivity contribution < 1.29 is 14.3 Å². The molecular weight excluding hydrogens is 316 g/mol. The minimum Gasteiger partial charge on any atom is -0.495 e. The van der Waals surface area contributed by atoms with Crippen LogP contribution in [0.1, 0.15) is 23.1 Å². The number of nitrogens with zero attached hydrogens (tertiary/aromatic N) is 1. The summed E-state index contributed by atoms with van der Waals surface area (Å²) >= 11 is 0. The topological polar surface area (TPSA) is 71.3 Å². The van der Waals surface area contributed by atoms with E-state index in [1.807, 2.05) is 48.6 Å². The van der Waals surface area contributed by atoms with Crippen molar-refractivity contribution in [2.24, 2.45) is 0 Å². The minimum atomic E-state index is -0.437. The van der Waals surface area contributed by atoms with Crippen LogP contribution >= 0.6 is 0 Å². The van der Waals surface area contributed by atoms with Gasteiger partial charge >= 0.3 is 6.09 Å². The molecular formula is C20H20N2O3. The molecule has 128 valence electrons. The van der Waals surface area contributed by atoms with Crippen LogP contribution in [-0.2, 0) is 11.3 Å². The molecule has 0 unspecified atom stereocenters. The van der Waals surface area contributed by atoms with E-state index in [0.29, 0.717) is 24.3 Å². The molecule has 0 aliphatic rings. The summed E-state index contributed by atoms with van der Waals surface area (Å²) in [5, 5.41) is 11.8. The molecule has 2 aromatic carbocycles. The summed E-state index contributed by atoms with van der Waals surface area (Å²) in [6, 6.07) is 17.0. The van der Waals surface area contributed by atoms with Crippen LogP contribution < -0.4 is 10.1 Å². The van der Waals surface area contributed by atoms with Crippen LogP contribution in [-0.4, -0.2) is 19.7 Å². The van der Waals surface area contributed by atoms with E-state index in [1.54, 1.807) is 12.1 Å². The smallest absolute Gasteiger partial charge is 0.407 e. The zero-order valence-electron chi connectivity index (χ0n) is 14.1. The highest BCUT2D eigenvalue weighted by Crippen LogP contribution is 2.19. The third-order valence-corrected chi connectivity index (χ3v) is 3.45. The molecule has 0 aliphatic heterocycles. The number of hydrogen-bond acceptors (Lipinski definition) is 4. The lowest BCUT2D eigenvalue weighted by Crippen LogP contribution is -2.24.